The highest BCUT2D eigenvalue weighted by atomic mass is 35.5. The number of benzene rings is 3. The smallest absolute Gasteiger partial charge is 0.258 e. The van der Waals surface area contributed by atoms with E-state index in [0.29, 0.717) is 17.0 Å². The van der Waals surface area contributed by atoms with E-state index in [-0.39, 0.29) is 32.0 Å². The number of aromatic nitrogens is 3. The second-order valence-electron chi connectivity index (χ2n) is 7.83. The number of halogens is 4. The van der Waals surface area contributed by atoms with E-state index in [4.69, 9.17) is 34.8 Å². The molecule has 0 unspecified atom stereocenters. The van der Waals surface area contributed by atoms with E-state index in [2.05, 4.69) is 20.6 Å². The van der Waals surface area contributed by atoms with Crippen LogP contribution in [0.25, 0.3) is 16.9 Å². The van der Waals surface area contributed by atoms with Crippen LogP contribution < -0.4 is 10.6 Å². The number of carbonyl (C=O) groups excluding carboxylic acids is 2. The number of nitrogens with zero attached hydrogens (tertiary/aromatic N) is 3. The van der Waals surface area contributed by atoms with E-state index in [9.17, 15) is 14.0 Å². The molecular formula is C26H15Cl3FN5O2. The Bertz CT molecular complexity index is 1690. The molecule has 3 aromatic carbocycles. The summed E-state index contributed by atoms with van der Waals surface area (Å²) in [5, 5.41) is 5.77. The molecule has 184 valence electrons. The largest absolute Gasteiger partial charge is 0.322 e. The number of anilines is 2. The first-order chi connectivity index (χ1) is 17.8. The number of hydrogen-bond donors (Lipinski definition) is 2. The maximum absolute atomic E-state index is 13.4. The van der Waals surface area contributed by atoms with Crippen molar-refractivity contribution in [1.82, 2.24) is 14.4 Å². The Kier molecular flexibility index (Phi) is 6.80. The maximum Gasteiger partial charge on any atom is 0.258 e. The molecule has 2 aromatic heterocycles. The number of rotatable bonds is 5. The average Bonchev–Trinajstić information content (AvgIpc) is 3.33. The van der Waals surface area contributed by atoms with Gasteiger partial charge in [-0.15, -0.1) is 0 Å². The lowest BCUT2D eigenvalue weighted by Crippen LogP contribution is -2.14. The Morgan fingerprint density at radius 3 is 2.49 bits per heavy atom. The van der Waals surface area contributed by atoms with Gasteiger partial charge in [0, 0.05) is 29.2 Å². The fraction of sp³-hybridized carbons (Fsp3) is 0. The van der Waals surface area contributed by atoms with Crippen LogP contribution in [0.5, 0.6) is 0 Å². The van der Waals surface area contributed by atoms with Crippen LogP contribution in [0.15, 0.2) is 79.3 Å². The SMILES string of the molecule is O=C(Nc1cccc(-c2cnc3c(NC(=O)c4cccc(Cl)c4Cl)nccn23)c1)c1ccc(F)c(Cl)c1. The summed E-state index contributed by atoms with van der Waals surface area (Å²) in [6.45, 7) is 0. The lowest BCUT2D eigenvalue weighted by molar-refractivity contribution is 0.101. The molecule has 0 saturated carbocycles. The normalized spacial score (nSPS) is 10.9. The highest BCUT2D eigenvalue weighted by molar-refractivity contribution is 6.44. The third kappa shape index (κ3) is 4.99. The summed E-state index contributed by atoms with van der Waals surface area (Å²) in [5.74, 6) is -1.30. The Labute approximate surface area is 224 Å². The summed E-state index contributed by atoms with van der Waals surface area (Å²) < 4.78 is 15.2. The molecule has 0 fully saturated rings. The van der Waals surface area contributed by atoms with Crippen LogP contribution in [0.4, 0.5) is 15.9 Å². The van der Waals surface area contributed by atoms with Gasteiger partial charge in [0.1, 0.15) is 5.82 Å². The van der Waals surface area contributed by atoms with E-state index in [1.165, 1.54) is 18.3 Å². The molecule has 2 amide bonds. The van der Waals surface area contributed by atoms with Crippen LogP contribution in [-0.4, -0.2) is 26.2 Å². The molecule has 0 bridgehead atoms. The minimum atomic E-state index is -0.603. The van der Waals surface area contributed by atoms with E-state index in [0.717, 1.165) is 11.6 Å². The quantitative estimate of drug-likeness (QED) is 0.245. The lowest BCUT2D eigenvalue weighted by atomic mass is 10.1. The van der Waals surface area contributed by atoms with Crippen LogP contribution in [0, 0.1) is 5.82 Å². The molecule has 0 radical (unpaired) electrons. The summed E-state index contributed by atoms with van der Waals surface area (Å²) in [7, 11) is 0. The van der Waals surface area contributed by atoms with Crippen molar-refractivity contribution >= 4 is 63.8 Å². The van der Waals surface area contributed by atoms with Gasteiger partial charge in [0.15, 0.2) is 11.5 Å². The van der Waals surface area contributed by atoms with E-state index in [1.807, 2.05) is 6.07 Å². The zero-order chi connectivity index (χ0) is 26.1. The predicted octanol–water partition coefficient (Wildman–Crippen LogP) is 7.00. The summed E-state index contributed by atoms with van der Waals surface area (Å²) in [5.41, 5.74) is 2.77. The molecule has 0 aliphatic carbocycles. The highest BCUT2D eigenvalue weighted by Gasteiger charge is 2.17. The minimum absolute atomic E-state index is 0.138. The molecule has 0 spiro atoms. The Hall–Kier alpha value is -3.98. The van der Waals surface area contributed by atoms with Gasteiger partial charge in [0.05, 0.1) is 32.5 Å². The second-order valence-corrected chi connectivity index (χ2v) is 9.02. The first kappa shape index (κ1) is 24.7. The number of hydrogen-bond acceptors (Lipinski definition) is 4. The van der Waals surface area contributed by atoms with E-state index >= 15 is 0 Å². The van der Waals surface area contributed by atoms with Crippen LogP contribution >= 0.6 is 34.8 Å². The van der Waals surface area contributed by atoms with Gasteiger partial charge in [-0.1, -0.05) is 53.0 Å². The number of fused-ring (bicyclic) bond motifs is 1. The summed E-state index contributed by atoms with van der Waals surface area (Å²) in [4.78, 5) is 34.1. The molecule has 0 aliphatic heterocycles. The average molecular weight is 555 g/mol. The molecule has 5 aromatic rings. The molecule has 0 saturated heterocycles. The van der Waals surface area contributed by atoms with Crippen molar-refractivity contribution in [1.29, 1.82) is 0 Å². The van der Waals surface area contributed by atoms with Crippen molar-refractivity contribution in [2.45, 2.75) is 0 Å². The fourth-order valence-corrected chi connectivity index (χ4v) is 4.24. The van der Waals surface area contributed by atoms with Crippen LogP contribution in [-0.2, 0) is 0 Å². The third-order valence-corrected chi connectivity index (χ3v) is 6.56. The van der Waals surface area contributed by atoms with Gasteiger partial charge >= 0.3 is 0 Å². The van der Waals surface area contributed by atoms with E-state index in [1.54, 1.807) is 53.2 Å². The molecule has 11 heteroatoms. The predicted molar refractivity (Wildman–Crippen MR) is 142 cm³/mol. The molecule has 0 atom stereocenters. The topological polar surface area (TPSA) is 88.4 Å². The van der Waals surface area contributed by atoms with Gasteiger partial charge in [-0.2, -0.15) is 0 Å². The Morgan fingerprint density at radius 2 is 1.68 bits per heavy atom. The van der Waals surface area contributed by atoms with Gasteiger partial charge in [-0.25, -0.2) is 14.4 Å². The fourth-order valence-electron chi connectivity index (χ4n) is 3.67. The van der Waals surface area contributed by atoms with Crippen molar-refractivity contribution in [3.63, 3.8) is 0 Å². The summed E-state index contributed by atoms with van der Waals surface area (Å²) in [6.07, 6.45) is 4.85. The monoisotopic (exact) mass is 553 g/mol. The third-order valence-electron chi connectivity index (χ3n) is 5.45. The number of nitrogens with one attached hydrogen (secondary N) is 2. The van der Waals surface area contributed by atoms with E-state index < -0.39 is 17.6 Å². The van der Waals surface area contributed by atoms with Crippen LogP contribution in [0.1, 0.15) is 20.7 Å². The van der Waals surface area contributed by atoms with Gasteiger partial charge in [0.2, 0.25) is 0 Å². The zero-order valence-corrected chi connectivity index (χ0v) is 20.9. The van der Waals surface area contributed by atoms with Gasteiger partial charge in [-0.05, 0) is 42.5 Å². The van der Waals surface area contributed by atoms with Crippen molar-refractivity contribution in [2.75, 3.05) is 10.6 Å². The Balaban J connectivity index is 1.42. The molecule has 0 aliphatic rings. The van der Waals surface area contributed by atoms with Gasteiger partial charge in [-0.3, -0.25) is 14.0 Å². The van der Waals surface area contributed by atoms with Crippen molar-refractivity contribution in [2.24, 2.45) is 0 Å². The first-order valence-electron chi connectivity index (χ1n) is 10.8. The zero-order valence-electron chi connectivity index (χ0n) is 18.7. The Morgan fingerprint density at radius 1 is 0.865 bits per heavy atom. The van der Waals surface area contributed by atoms with Crippen LogP contribution in [0.2, 0.25) is 15.1 Å². The highest BCUT2D eigenvalue weighted by Crippen LogP contribution is 2.28. The maximum atomic E-state index is 13.4. The molecule has 7 nitrogen and oxygen atoms in total. The lowest BCUT2D eigenvalue weighted by Gasteiger charge is -2.10. The van der Waals surface area contributed by atoms with Gasteiger partial charge < -0.3 is 10.6 Å². The number of imidazole rings is 1. The molecular weight excluding hydrogens is 540 g/mol. The van der Waals surface area contributed by atoms with Gasteiger partial charge in [0.25, 0.3) is 11.8 Å². The minimum Gasteiger partial charge on any atom is -0.322 e. The standard InChI is InChI=1S/C26H15Cl3FN5O2/c27-18-6-2-5-17(22(18)29)26(37)34-23-24-32-13-21(35(24)10-9-31-23)14-3-1-4-16(11-14)33-25(36)15-7-8-20(30)19(28)12-15/h1-13H,(H,33,36)(H,31,34,37). The van der Waals surface area contributed by atoms with Crippen molar-refractivity contribution in [3.05, 3.63) is 111 Å². The second kappa shape index (κ2) is 10.2. The van der Waals surface area contributed by atoms with Crippen molar-refractivity contribution < 1.29 is 14.0 Å². The van der Waals surface area contributed by atoms with Crippen molar-refractivity contribution in [3.8, 4) is 11.3 Å². The summed E-state index contributed by atoms with van der Waals surface area (Å²) in [6, 6.07) is 15.6. The molecule has 5 rings (SSSR count). The molecule has 2 N–H and O–H groups in total. The molecule has 2 heterocycles. The first-order valence-corrected chi connectivity index (χ1v) is 11.9. The molecule has 37 heavy (non-hydrogen) atoms. The number of amides is 2. The summed E-state index contributed by atoms with van der Waals surface area (Å²) >= 11 is 18.0. The van der Waals surface area contributed by atoms with Crippen LogP contribution in [0.3, 0.4) is 0 Å². The number of carbonyl (C=O) groups is 2.